The second-order valence-corrected chi connectivity index (χ2v) is 9.91. The Morgan fingerprint density at radius 3 is 2.76 bits per heavy atom. The third kappa shape index (κ3) is 2.53. The minimum atomic E-state index is -0.0269. The Morgan fingerprint density at radius 1 is 0.971 bits per heavy atom. The number of aromatic nitrogens is 1. The molecule has 1 aromatic heterocycles. The van der Waals surface area contributed by atoms with Gasteiger partial charge in [-0.1, -0.05) is 85.8 Å². The van der Waals surface area contributed by atoms with E-state index in [4.69, 9.17) is 0 Å². The third-order valence-electron chi connectivity index (χ3n) is 7.93. The highest BCUT2D eigenvalue weighted by Gasteiger charge is 2.46. The second kappa shape index (κ2) is 7.02. The largest absolute Gasteiger partial charge is 0.333 e. The summed E-state index contributed by atoms with van der Waals surface area (Å²) >= 11 is 0. The van der Waals surface area contributed by atoms with Crippen molar-refractivity contribution in [2.45, 2.75) is 31.7 Å². The molecular formula is C32H26N2. The molecule has 2 heteroatoms. The van der Waals surface area contributed by atoms with Crippen LogP contribution in [0.25, 0.3) is 27.5 Å². The van der Waals surface area contributed by atoms with E-state index in [0.717, 1.165) is 11.8 Å². The summed E-state index contributed by atoms with van der Waals surface area (Å²) in [5.41, 5.74) is 7.74. The molecular weight excluding hydrogens is 412 g/mol. The van der Waals surface area contributed by atoms with E-state index in [9.17, 15) is 0 Å². The van der Waals surface area contributed by atoms with E-state index in [-0.39, 0.29) is 11.5 Å². The minimum absolute atomic E-state index is 0.0269. The van der Waals surface area contributed by atoms with Crippen molar-refractivity contribution in [1.82, 2.24) is 4.57 Å². The topological polar surface area (TPSA) is 8.17 Å². The Labute approximate surface area is 200 Å². The zero-order chi connectivity index (χ0) is 22.9. The van der Waals surface area contributed by atoms with Crippen LogP contribution in [0.2, 0.25) is 0 Å². The van der Waals surface area contributed by atoms with Gasteiger partial charge in [0.2, 0.25) is 0 Å². The van der Waals surface area contributed by atoms with Crippen LogP contribution in [0.5, 0.6) is 0 Å². The number of nitrogens with zero attached hydrogens (tertiary/aromatic N) is 2. The van der Waals surface area contributed by atoms with E-state index < -0.39 is 0 Å². The van der Waals surface area contributed by atoms with Crippen LogP contribution in [-0.4, -0.2) is 10.6 Å². The minimum Gasteiger partial charge on any atom is -0.333 e. The van der Waals surface area contributed by atoms with Gasteiger partial charge in [0.15, 0.2) is 0 Å². The summed E-state index contributed by atoms with van der Waals surface area (Å²) in [5, 5.41) is 2.37. The fourth-order valence-corrected chi connectivity index (χ4v) is 6.20. The van der Waals surface area contributed by atoms with Crippen LogP contribution >= 0.6 is 0 Å². The van der Waals surface area contributed by atoms with E-state index in [1.54, 1.807) is 0 Å². The van der Waals surface area contributed by atoms with Crippen molar-refractivity contribution in [3.63, 3.8) is 0 Å². The number of hydrogen-bond donors (Lipinski definition) is 0. The Kier molecular flexibility index (Phi) is 4.03. The number of para-hydroxylation sites is 2. The van der Waals surface area contributed by atoms with Gasteiger partial charge in [-0.25, -0.2) is 0 Å². The molecule has 0 bridgehead atoms. The maximum atomic E-state index is 3.37. The second-order valence-electron chi connectivity index (χ2n) is 9.91. The molecule has 4 aromatic rings. The summed E-state index contributed by atoms with van der Waals surface area (Å²) in [5.74, 6) is 0.415. The summed E-state index contributed by atoms with van der Waals surface area (Å²) in [6.07, 6.45) is 15.0. The Bertz CT molecular complexity index is 1520. The van der Waals surface area contributed by atoms with Crippen LogP contribution < -0.4 is 4.90 Å². The maximum absolute atomic E-state index is 3.37. The monoisotopic (exact) mass is 438 g/mol. The van der Waals surface area contributed by atoms with Gasteiger partial charge in [0, 0.05) is 33.8 Å². The van der Waals surface area contributed by atoms with E-state index >= 15 is 0 Å². The van der Waals surface area contributed by atoms with E-state index in [0.29, 0.717) is 5.92 Å². The van der Waals surface area contributed by atoms with Gasteiger partial charge < -0.3 is 9.47 Å². The van der Waals surface area contributed by atoms with Gasteiger partial charge in [0.1, 0.15) is 0 Å². The molecule has 7 rings (SSSR count). The first-order valence-corrected chi connectivity index (χ1v) is 12.2. The Morgan fingerprint density at radius 2 is 1.82 bits per heavy atom. The molecule has 34 heavy (non-hydrogen) atoms. The van der Waals surface area contributed by atoms with Crippen LogP contribution in [0, 0.1) is 18.1 Å². The van der Waals surface area contributed by atoms with Crippen molar-refractivity contribution in [1.29, 1.82) is 0 Å². The van der Waals surface area contributed by atoms with E-state index in [1.807, 2.05) is 6.07 Å². The zero-order valence-electron chi connectivity index (χ0n) is 19.5. The number of benzene rings is 2. The zero-order valence-corrected chi connectivity index (χ0v) is 19.5. The highest BCUT2D eigenvalue weighted by atomic mass is 15.2. The van der Waals surface area contributed by atoms with Gasteiger partial charge in [-0.3, -0.25) is 0 Å². The van der Waals surface area contributed by atoms with E-state index in [1.165, 1.54) is 39.1 Å². The van der Waals surface area contributed by atoms with Crippen molar-refractivity contribution in [2.24, 2.45) is 5.92 Å². The van der Waals surface area contributed by atoms with Crippen molar-refractivity contribution in [3.05, 3.63) is 121 Å². The molecule has 0 spiro atoms. The number of anilines is 1. The van der Waals surface area contributed by atoms with Crippen molar-refractivity contribution < 1.29 is 0 Å². The summed E-state index contributed by atoms with van der Waals surface area (Å²) in [6.45, 7) is 4.70. The molecule has 2 heterocycles. The summed E-state index contributed by atoms with van der Waals surface area (Å²) in [7, 11) is 0. The van der Waals surface area contributed by atoms with Crippen LogP contribution in [0.3, 0.4) is 0 Å². The number of rotatable bonds is 2. The SMILES string of the molecule is CC1CC=C(N2c3ccccc3C3(C)C=CC=CC23)C=C1n1c2ccc#cc2c2ccccc21. The molecule has 0 saturated carbocycles. The lowest BCUT2D eigenvalue weighted by Gasteiger charge is -2.36. The lowest BCUT2D eigenvalue weighted by Crippen LogP contribution is -2.41. The molecule has 1 aliphatic heterocycles. The first-order chi connectivity index (χ1) is 16.7. The smallest absolute Gasteiger partial charge is 0.0655 e. The molecule has 2 aliphatic carbocycles. The molecule has 0 fully saturated rings. The van der Waals surface area contributed by atoms with Gasteiger partial charge in [-0.2, -0.15) is 0 Å². The van der Waals surface area contributed by atoms with Gasteiger partial charge in [0.25, 0.3) is 0 Å². The first-order valence-electron chi connectivity index (χ1n) is 12.2. The molecule has 0 saturated heterocycles. The van der Waals surface area contributed by atoms with Crippen LogP contribution in [0.15, 0.2) is 103 Å². The summed E-state index contributed by atoms with van der Waals surface area (Å²) < 4.78 is 2.45. The van der Waals surface area contributed by atoms with Gasteiger partial charge >= 0.3 is 0 Å². The molecule has 2 nitrogen and oxygen atoms in total. The quantitative estimate of drug-likeness (QED) is 0.316. The molecule has 0 radical (unpaired) electrons. The number of fused-ring (bicyclic) bond motifs is 6. The molecule has 164 valence electrons. The third-order valence-corrected chi connectivity index (χ3v) is 7.93. The van der Waals surface area contributed by atoms with Gasteiger partial charge in [0.05, 0.1) is 22.5 Å². The molecule has 3 unspecified atom stereocenters. The van der Waals surface area contributed by atoms with Crippen LogP contribution in [0.4, 0.5) is 5.69 Å². The standard InChI is InChI=1S/C32H26N2/c1-22-18-19-23(33-29-16-8-5-13-26(29)32(2)20-10-9-17-31(32)33)21-30(22)34-27-14-6-3-11-24(27)25-12-4-7-15-28(25)34/h3,5-11,13-17,19-22,31H,18H2,1-2H3. The molecule has 3 atom stereocenters. The molecule has 0 amide bonds. The average molecular weight is 439 g/mol. The maximum Gasteiger partial charge on any atom is 0.0655 e. The normalized spacial score (nSPS) is 25.2. The number of allylic oxidation sites excluding steroid dienone is 5. The number of hydrogen-bond acceptors (Lipinski definition) is 1. The summed E-state index contributed by atoms with van der Waals surface area (Å²) in [6, 6.07) is 28.5. The van der Waals surface area contributed by atoms with Crippen LogP contribution in [0.1, 0.15) is 25.8 Å². The van der Waals surface area contributed by atoms with Crippen LogP contribution in [-0.2, 0) is 5.41 Å². The van der Waals surface area contributed by atoms with Crippen molar-refractivity contribution >= 4 is 33.2 Å². The van der Waals surface area contributed by atoms with Gasteiger partial charge in [-0.15, -0.1) is 0 Å². The average Bonchev–Trinajstić information content (AvgIpc) is 3.35. The highest BCUT2D eigenvalue weighted by Crippen LogP contribution is 2.50. The predicted octanol–water partition coefficient (Wildman–Crippen LogP) is 7.43. The summed E-state index contributed by atoms with van der Waals surface area (Å²) in [4.78, 5) is 2.55. The fourth-order valence-electron chi connectivity index (χ4n) is 6.20. The predicted molar refractivity (Wildman–Crippen MR) is 142 cm³/mol. The van der Waals surface area contributed by atoms with Crippen molar-refractivity contribution in [2.75, 3.05) is 4.90 Å². The highest BCUT2D eigenvalue weighted by molar-refractivity contribution is 6.09. The molecule has 0 N–H and O–H groups in total. The van der Waals surface area contributed by atoms with Gasteiger partial charge in [-0.05, 0) is 49.2 Å². The molecule has 3 aliphatic rings. The Hall–Kier alpha value is -3.96. The fraction of sp³-hybridized carbons (Fsp3) is 0.188. The van der Waals surface area contributed by atoms with Crippen molar-refractivity contribution in [3.8, 4) is 0 Å². The lowest BCUT2D eigenvalue weighted by molar-refractivity contribution is 0.542. The molecule has 3 aromatic carbocycles. The Balaban J connectivity index is 1.44. The first kappa shape index (κ1) is 19.5. The van der Waals surface area contributed by atoms with E-state index in [2.05, 4.69) is 127 Å². The lowest BCUT2D eigenvalue weighted by atomic mass is 9.76.